The molecule has 1 atom stereocenters. The molecule has 0 radical (unpaired) electrons. The summed E-state index contributed by atoms with van der Waals surface area (Å²) < 4.78 is 4.87. The highest BCUT2D eigenvalue weighted by atomic mass is 35.5. The number of ether oxygens (including phenoxy) is 1. The summed E-state index contributed by atoms with van der Waals surface area (Å²) in [7, 11) is 1.42. The summed E-state index contributed by atoms with van der Waals surface area (Å²) in [6, 6.07) is 4.73. The van der Waals surface area contributed by atoms with Gasteiger partial charge in [0.25, 0.3) is 0 Å². The highest BCUT2D eigenvalue weighted by molar-refractivity contribution is 6.44. The fourth-order valence-electron chi connectivity index (χ4n) is 1.08. The van der Waals surface area contributed by atoms with Crippen LogP contribution in [0.25, 0.3) is 0 Å². The minimum absolute atomic E-state index is 0.145. The number of aromatic hydroxyl groups is 1. The molecule has 0 saturated heterocycles. The number of para-hydroxylation sites is 1. The summed E-state index contributed by atoms with van der Waals surface area (Å²) in [6.45, 7) is 0. The molecule has 0 aromatic heterocycles. The standard InChI is InChI=1S/C9H10Cl2O3/c1-14-6-4-2-3-5(7(6)12)8(13)9(10)11/h2-4,8-9,12-13H,1H3. The number of phenolic OH excluding ortho intramolecular Hbond substituents is 1. The number of rotatable bonds is 3. The monoisotopic (exact) mass is 236 g/mol. The second kappa shape index (κ2) is 4.73. The van der Waals surface area contributed by atoms with Gasteiger partial charge >= 0.3 is 0 Å². The van der Waals surface area contributed by atoms with Crippen LogP contribution in [0.3, 0.4) is 0 Å². The Kier molecular flexibility index (Phi) is 3.86. The average Bonchev–Trinajstić information content (AvgIpc) is 2.17. The largest absolute Gasteiger partial charge is 0.504 e. The van der Waals surface area contributed by atoms with Crippen LogP contribution in [0, 0.1) is 0 Å². The third kappa shape index (κ3) is 2.23. The van der Waals surface area contributed by atoms with E-state index in [0.29, 0.717) is 0 Å². The van der Waals surface area contributed by atoms with Crippen molar-refractivity contribution < 1.29 is 14.9 Å². The van der Waals surface area contributed by atoms with Gasteiger partial charge in [0.1, 0.15) is 10.9 Å². The number of halogens is 2. The van der Waals surface area contributed by atoms with Crippen LogP contribution < -0.4 is 4.74 Å². The van der Waals surface area contributed by atoms with E-state index < -0.39 is 10.9 Å². The molecular weight excluding hydrogens is 227 g/mol. The molecule has 14 heavy (non-hydrogen) atoms. The zero-order valence-electron chi connectivity index (χ0n) is 7.45. The lowest BCUT2D eigenvalue weighted by molar-refractivity contribution is 0.187. The fraction of sp³-hybridized carbons (Fsp3) is 0.333. The van der Waals surface area contributed by atoms with Crippen molar-refractivity contribution in [1.29, 1.82) is 0 Å². The van der Waals surface area contributed by atoms with E-state index >= 15 is 0 Å². The summed E-state index contributed by atoms with van der Waals surface area (Å²) in [5.74, 6) is 0.129. The van der Waals surface area contributed by atoms with Crippen molar-refractivity contribution >= 4 is 23.2 Å². The molecular formula is C9H10Cl2O3. The summed E-state index contributed by atoms with van der Waals surface area (Å²) >= 11 is 11.0. The van der Waals surface area contributed by atoms with E-state index in [1.54, 1.807) is 12.1 Å². The first-order chi connectivity index (χ1) is 6.57. The van der Waals surface area contributed by atoms with Crippen molar-refractivity contribution in [3.8, 4) is 11.5 Å². The molecule has 78 valence electrons. The molecule has 0 saturated carbocycles. The van der Waals surface area contributed by atoms with E-state index in [2.05, 4.69) is 0 Å². The molecule has 0 spiro atoms. The molecule has 0 heterocycles. The fourth-order valence-corrected chi connectivity index (χ4v) is 1.35. The van der Waals surface area contributed by atoms with Crippen LogP contribution in [0.4, 0.5) is 0 Å². The van der Waals surface area contributed by atoms with Gasteiger partial charge in [-0.15, -0.1) is 23.2 Å². The van der Waals surface area contributed by atoms with E-state index in [1.807, 2.05) is 0 Å². The van der Waals surface area contributed by atoms with Crippen LogP contribution in [0.15, 0.2) is 18.2 Å². The van der Waals surface area contributed by atoms with Gasteiger partial charge in [0.2, 0.25) is 0 Å². The first-order valence-corrected chi connectivity index (χ1v) is 4.77. The van der Waals surface area contributed by atoms with Gasteiger partial charge in [-0.05, 0) is 6.07 Å². The molecule has 1 aromatic carbocycles. The maximum absolute atomic E-state index is 9.61. The zero-order chi connectivity index (χ0) is 10.7. The number of benzene rings is 1. The van der Waals surface area contributed by atoms with Crippen LogP contribution in [-0.2, 0) is 0 Å². The third-order valence-electron chi connectivity index (χ3n) is 1.81. The Balaban J connectivity index is 3.09. The van der Waals surface area contributed by atoms with E-state index in [4.69, 9.17) is 27.9 Å². The molecule has 2 N–H and O–H groups in total. The van der Waals surface area contributed by atoms with Crippen molar-refractivity contribution in [3.05, 3.63) is 23.8 Å². The topological polar surface area (TPSA) is 49.7 Å². The molecule has 1 unspecified atom stereocenters. The van der Waals surface area contributed by atoms with Gasteiger partial charge in [-0.2, -0.15) is 0 Å². The van der Waals surface area contributed by atoms with E-state index in [0.717, 1.165) is 0 Å². The lowest BCUT2D eigenvalue weighted by Gasteiger charge is -2.14. The Hall–Kier alpha value is -0.640. The summed E-state index contributed by atoms with van der Waals surface area (Å²) in [5.41, 5.74) is 0.249. The normalized spacial score (nSPS) is 12.9. The number of phenols is 1. The van der Waals surface area contributed by atoms with Gasteiger partial charge < -0.3 is 14.9 Å². The smallest absolute Gasteiger partial charge is 0.163 e. The van der Waals surface area contributed by atoms with Gasteiger partial charge in [0.05, 0.1) is 7.11 Å². The predicted molar refractivity (Wildman–Crippen MR) is 55.1 cm³/mol. The predicted octanol–water partition coefficient (Wildman–Crippen LogP) is 2.24. The Morgan fingerprint density at radius 2 is 2.00 bits per heavy atom. The van der Waals surface area contributed by atoms with Crippen LogP contribution in [0.2, 0.25) is 0 Å². The van der Waals surface area contributed by atoms with E-state index in [9.17, 15) is 10.2 Å². The second-order valence-electron chi connectivity index (χ2n) is 2.68. The number of hydrogen-bond donors (Lipinski definition) is 2. The van der Waals surface area contributed by atoms with E-state index in [1.165, 1.54) is 13.2 Å². The summed E-state index contributed by atoms with van der Waals surface area (Å²) in [4.78, 5) is -0.993. The Labute approximate surface area is 91.8 Å². The summed E-state index contributed by atoms with van der Waals surface area (Å²) in [5, 5.41) is 19.1. The number of alkyl halides is 2. The van der Waals surface area contributed by atoms with Crippen LogP contribution in [-0.4, -0.2) is 22.2 Å². The molecule has 0 aliphatic heterocycles. The molecule has 1 rings (SSSR count). The lowest BCUT2D eigenvalue weighted by atomic mass is 10.1. The van der Waals surface area contributed by atoms with Crippen LogP contribution in [0.5, 0.6) is 11.5 Å². The van der Waals surface area contributed by atoms with E-state index in [-0.39, 0.29) is 17.1 Å². The quantitative estimate of drug-likeness (QED) is 0.792. The van der Waals surface area contributed by atoms with Crippen LogP contribution in [0.1, 0.15) is 11.7 Å². The summed E-state index contributed by atoms with van der Waals surface area (Å²) in [6.07, 6.45) is -1.13. The third-order valence-corrected chi connectivity index (χ3v) is 2.28. The Morgan fingerprint density at radius 3 is 2.50 bits per heavy atom. The molecule has 0 aliphatic carbocycles. The molecule has 0 aliphatic rings. The first-order valence-electron chi connectivity index (χ1n) is 3.90. The maximum atomic E-state index is 9.61. The van der Waals surface area contributed by atoms with Crippen LogP contribution >= 0.6 is 23.2 Å². The van der Waals surface area contributed by atoms with Crippen molar-refractivity contribution in [1.82, 2.24) is 0 Å². The maximum Gasteiger partial charge on any atom is 0.163 e. The number of methoxy groups -OCH3 is 1. The highest BCUT2D eigenvalue weighted by Crippen LogP contribution is 2.36. The van der Waals surface area contributed by atoms with Crippen molar-refractivity contribution in [3.63, 3.8) is 0 Å². The lowest BCUT2D eigenvalue weighted by Crippen LogP contribution is -2.06. The molecule has 5 heteroatoms. The average molecular weight is 237 g/mol. The van der Waals surface area contributed by atoms with Gasteiger partial charge in [0.15, 0.2) is 11.5 Å². The minimum Gasteiger partial charge on any atom is -0.504 e. The van der Waals surface area contributed by atoms with Gasteiger partial charge in [-0.3, -0.25) is 0 Å². The van der Waals surface area contributed by atoms with Gasteiger partial charge in [0, 0.05) is 5.56 Å². The highest BCUT2D eigenvalue weighted by Gasteiger charge is 2.20. The molecule has 3 nitrogen and oxygen atoms in total. The number of aliphatic hydroxyl groups is 1. The second-order valence-corrected chi connectivity index (χ2v) is 3.84. The first kappa shape index (κ1) is 11.4. The molecule has 0 bridgehead atoms. The SMILES string of the molecule is COc1cccc(C(O)C(Cl)Cl)c1O. The number of hydrogen-bond acceptors (Lipinski definition) is 3. The Bertz CT molecular complexity index is 315. The minimum atomic E-state index is -1.13. The van der Waals surface area contributed by atoms with Crippen molar-refractivity contribution in [2.45, 2.75) is 10.9 Å². The van der Waals surface area contributed by atoms with Gasteiger partial charge in [-0.25, -0.2) is 0 Å². The zero-order valence-corrected chi connectivity index (χ0v) is 8.96. The number of aliphatic hydroxyl groups excluding tert-OH is 1. The molecule has 0 amide bonds. The van der Waals surface area contributed by atoms with Crippen molar-refractivity contribution in [2.24, 2.45) is 0 Å². The Morgan fingerprint density at radius 1 is 1.36 bits per heavy atom. The molecule has 1 aromatic rings. The van der Waals surface area contributed by atoms with Gasteiger partial charge in [-0.1, -0.05) is 12.1 Å². The molecule has 0 fully saturated rings. The van der Waals surface area contributed by atoms with Crippen molar-refractivity contribution in [2.75, 3.05) is 7.11 Å².